The van der Waals surface area contributed by atoms with Gasteiger partial charge in [0.05, 0.1) is 18.2 Å². The zero-order valence-electron chi connectivity index (χ0n) is 23.9. The van der Waals surface area contributed by atoms with Gasteiger partial charge in [0.2, 0.25) is 11.9 Å². The molecule has 10 nitrogen and oxygen atoms in total. The fraction of sp³-hybridized carbons (Fsp3) is 0.655. The fourth-order valence-electron chi connectivity index (χ4n) is 7.95. The number of nitrogens with zero attached hydrogens (tertiary/aromatic N) is 3. The van der Waals surface area contributed by atoms with Gasteiger partial charge in [-0.25, -0.2) is 9.97 Å². The van der Waals surface area contributed by atoms with E-state index >= 15 is 0 Å². The first-order valence-electron chi connectivity index (χ1n) is 14.1. The Bertz CT molecular complexity index is 1390. The first-order chi connectivity index (χ1) is 19.4. The SMILES string of the molecule is C=C[C@]1(C)C[C@@H](OC(=O)CSc2nc(NC(=O)CCl)nc3nc[nH]c23)[C@@]2(C)C3C(=O)CC[C@@]3(CC[C@H]2C)[C@@H](C)[C@@H]1O. The van der Waals surface area contributed by atoms with Crippen molar-refractivity contribution in [1.82, 2.24) is 19.9 Å². The van der Waals surface area contributed by atoms with Gasteiger partial charge in [-0.2, -0.15) is 4.98 Å². The van der Waals surface area contributed by atoms with Crippen molar-refractivity contribution in [2.45, 2.75) is 77.0 Å². The molecule has 3 aliphatic carbocycles. The first-order valence-corrected chi connectivity index (χ1v) is 15.6. The van der Waals surface area contributed by atoms with Gasteiger partial charge in [-0.1, -0.05) is 45.5 Å². The first kappa shape index (κ1) is 30.0. The third-order valence-corrected chi connectivity index (χ3v) is 11.7. The number of halogens is 1. The van der Waals surface area contributed by atoms with E-state index in [1.807, 2.05) is 6.92 Å². The molecule has 2 bridgehead atoms. The minimum absolute atomic E-state index is 0.0376. The van der Waals surface area contributed by atoms with Crippen LogP contribution >= 0.6 is 23.4 Å². The molecule has 0 radical (unpaired) electrons. The summed E-state index contributed by atoms with van der Waals surface area (Å²) in [5, 5.41) is 14.6. The zero-order valence-corrected chi connectivity index (χ0v) is 25.5. The van der Waals surface area contributed by atoms with Crippen LogP contribution in [0.1, 0.15) is 59.8 Å². The van der Waals surface area contributed by atoms with E-state index in [0.717, 1.165) is 31.0 Å². The number of fused-ring (bicyclic) bond motifs is 1. The van der Waals surface area contributed by atoms with E-state index in [9.17, 15) is 19.5 Å². The van der Waals surface area contributed by atoms with Gasteiger partial charge in [0, 0.05) is 23.2 Å². The van der Waals surface area contributed by atoms with E-state index in [1.54, 1.807) is 6.08 Å². The summed E-state index contributed by atoms with van der Waals surface area (Å²) in [6.45, 7) is 12.4. The highest BCUT2D eigenvalue weighted by molar-refractivity contribution is 8.00. The quantitative estimate of drug-likeness (QED) is 0.136. The number of esters is 1. The molecule has 12 heteroatoms. The number of ether oxygens (including phenoxy) is 1. The molecule has 3 aliphatic rings. The molecule has 3 fully saturated rings. The largest absolute Gasteiger partial charge is 0.461 e. The van der Waals surface area contributed by atoms with Crippen LogP contribution in [0.15, 0.2) is 24.0 Å². The number of anilines is 1. The molecule has 222 valence electrons. The summed E-state index contributed by atoms with van der Waals surface area (Å²) in [5.74, 6) is -1.23. The third-order valence-electron chi connectivity index (χ3n) is 10.5. The standard InChI is InChI=1S/C29H38ClN5O5S/c1-6-27(4)11-18(28(5)15(2)7-9-29(16(3)23(27)39)10-8-17(36)22(28)29)40-20(38)13-41-25-21-24(32-14-31-21)34-26(35-25)33-19(37)12-30/h6,14-16,18,22-23,39H,1,7-13H2,2-5H3,(H2,31,32,33,34,35,37)/t15-,16+,18-,22?,23+,27-,28+,29+/m1/s1. The predicted octanol–water partition coefficient (Wildman–Crippen LogP) is 4.53. The zero-order chi connectivity index (χ0) is 29.7. The lowest BCUT2D eigenvalue weighted by Gasteiger charge is -2.61. The van der Waals surface area contributed by atoms with Crippen molar-refractivity contribution in [2.24, 2.45) is 34.0 Å². The smallest absolute Gasteiger partial charge is 0.316 e. The molecule has 2 aromatic rings. The molecule has 0 spiro atoms. The van der Waals surface area contributed by atoms with Crippen LogP contribution in [0.5, 0.6) is 0 Å². The molecule has 2 aromatic heterocycles. The molecule has 0 saturated heterocycles. The number of aliphatic hydroxyl groups is 1. The number of ketones is 1. The fourth-order valence-corrected chi connectivity index (χ4v) is 8.78. The van der Waals surface area contributed by atoms with E-state index in [0.29, 0.717) is 29.0 Å². The van der Waals surface area contributed by atoms with E-state index in [4.69, 9.17) is 16.3 Å². The Balaban J connectivity index is 1.44. The van der Waals surface area contributed by atoms with Crippen LogP contribution < -0.4 is 5.32 Å². The van der Waals surface area contributed by atoms with Gasteiger partial charge < -0.3 is 14.8 Å². The molecule has 0 aliphatic heterocycles. The molecule has 41 heavy (non-hydrogen) atoms. The van der Waals surface area contributed by atoms with E-state index in [-0.39, 0.29) is 46.5 Å². The van der Waals surface area contributed by atoms with Gasteiger partial charge in [0.25, 0.3) is 0 Å². The van der Waals surface area contributed by atoms with Crippen molar-refractivity contribution in [2.75, 3.05) is 16.9 Å². The lowest BCUT2D eigenvalue weighted by Crippen LogP contribution is -2.63. The highest BCUT2D eigenvalue weighted by atomic mass is 35.5. The van der Waals surface area contributed by atoms with Crippen molar-refractivity contribution in [3.05, 3.63) is 19.0 Å². The van der Waals surface area contributed by atoms with Crippen LogP contribution in [0, 0.1) is 34.0 Å². The Morgan fingerprint density at radius 1 is 1.32 bits per heavy atom. The topological polar surface area (TPSA) is 147 Å². The van der Waals surface area contributed by atoms with Crippen LogP contribution in [0.25, 0.3) is 11.2 Å². The molecule has 2 heterocycles. The van der Waals surface area contributed by atoms with Crippen molar-refractivity contribution < 1.29 is 24.2 Å². The van der Waals surface area contributed by atoms with Crippen LogP contribution in [0.3, 0.4) is 0 Å². The van der Waals surface area contributed by atoms with Crippen molar-refractivity contribution in [3.63, 3.8) is 0 Å². The summed E-state index contributed by atoms with van der Waals surface area (Å²) in [5.41, 5.74) is -0.758. The number of nitrogens with one attached hydrogen (secondary N) is 2. The monoisotopic (exact) mass is 603 g/mol. The minimum Gasteiger partial charge on any atom is -0.461 e. The average molecular weight is 604 g/mol. The average Bonchev–Trinajstić information content (AvgIpc) is 3.57. The summed E-state index contributed by atoms with van der Waals surface area (Å²) >= 11 is 6.75. The Hall–Kier alpha value is -2.50. The summed E-state index contributed by atoms with van der Waals surface area (Å²) in [4.78, 5) is 54.6. The van der Waals surface area contributed by atoms with Crippen LogP contribution in [-0.4, -0.2) is 66.5 Å². The Kier molecular flexibility index (Phi) is 8.02. The van der Waals surface area contributed by atoms with Gasteiger partial charge in [0.15, 0.2) is 5.65 Å². The van der Waals surface area contributed by atoms with Gasteiger partial charge in [0.1, 0.15) is 28.3 Å². The maximum Gasteiger partial charge on any atom is 0.316 e. The molecule has 3 saturated carbocycles. The highest BCUT2D eigenvalue weighted by Gasteiger charge is 2.68. The van der Waals surface area contributed by atoms with Crippen LogP contribution in [0.4, 0.5) is 5.95 Å². The number of thioether (sulfide) groups is 1. The number of rotatable bonds is 7. The number of alkyl halides is 1. The van der Waals surface area contributed by atoms with Gasteiger partial charge >= 0.3 is 5.97 Å². The summed E-state index contributed by atoms with van der Waals surface area (Å²) < 4.78 is 6.32. The molecule has 1 unspecified atom stereocenters. The number of carbonyl (C=O) groups excluding carboxylic acids is 3. The highest BCUT2D eigenvalue weighted by Crippen LogP contribution is 2.68. The van der Waals surface area contributed by atoms with E-state index in [1.165, 1.54) is 6.33 Å². The second kappa shape index (κ2) is 11.0. The van der Waals surface area contributed by atoms with Crippen molar-refractivity contribution in [1.29, 1.82) is 0 Å². The maximum absolute atomic E-state index is 13.6. The molecular weight excluding hydrogens is 566 g/mol. The Morgan fingerprint density at radius 3 is 2.78 bits per heavy atom. The maximum atomic E-state index is 13.6. The summed E-state index contributed by atoms with van der Waals surface area (Å²) in [6, 6.07) is 0. The molecular formula is C29H38ClN5O5S. The minimum atomic E-state index is -0.724. The van der Waals surface area contributed by atoms with Gasteiger partial charge in [-0.15, -0.1) is 18.2 Å². The number of carbonyl (C=O) groups is 3. The molecule has 5 rings (SSSR count). The van der Waals surface area contributed by atoms with E-state index < -0.39 is 34.9 Å². The number of amides is 1. The van der Waals surface area contributed by atoms with Gasteiger partial charge in [-0.3, -0.25) is 19.7 Å². The number of hydrogen-bond acceptors (Lipinski definition) is 9. The van der Waals surface area contributed by atoms with Crippen molar-refractivity contribution in [3.8, 4) is 0 Å². The normalized spacial score (nSPS) is 36.7. The number of H-pyrrole nitrogens is 1. The number of aromatic nitrogens is 4. The Labute approximate surface area is 248 Å². The van der Waals surface area contributed by atoms with Gasteiger partial charge in [-0.05, 0) is 42.9 Å². The number of aromatic amines is 1. The third kappa shape index (κ3) is 4.87. The summed E-state index contributed by atoms with van der Waals surface area (Å²) in [7, 11) is 0. The molecule has 1 amide bonds. The lowest BCUT2D eigenvalue weighted by atomic mass is 9.44. The van der Waals surface area contributed by atoms with Crippen LogP contribution in [0.2, 0.25) is 0 Å². The number of Topliss-reactive ketones (excluding diaryl/α,β-unsaturated/α-hetero) is 1. The number of imidazole rings is 1. The van der Waals surface area contributed by atoms with E-state index in [2.05, 4.69) is 52.6 Å². The molecule has 8 atom stereocenters. The summed E-state index contributed by atoms with van der Waals surface area (Å²) in [6.07, 6.45) is 5.30. The second-order valence-electron chi connectivity index (χ2n) is 12.5. The number of aliphatic hydroxyl groups excluding tert-OH is 1. The number of hydrogen-bond donors (Lipinski definition) is 3. The molecule has 0 aromatic carbocycles. The predicted molar refractivity (Wildman–Crippen MR) is 156 cm³/mol. The van der Waals surface area contributed by atoms with Crippen LogP contribution in [-0.2, 0) is 19.1 Å². The van der Waals surface area contributed by atoms with Crippen molar-refractivity contribution >= 4 is 58.1 Å². The molecule has 3 N–H and O–H groups in total. The Morgan fingerprint density at radius 2 is 2.07 bits per heavy atom. The lowest BCUT2D eigenvalue weighted by molar-refractivity contribution is -0.205. The second-order valence-corrected chi connectivity index (χ2v) is 13.7.